The van der Waals surface area contributed by atoms with Crippen molar-refractivity contribution in [3.63, 3.8) is 0 Å². The first-order valence-electron chi connectivity index (χ1n) is 13.0. The Morgan fingerprint density at radius 1 is 1.18 bits per heavy atom. The van der Waals surface area contributed by atoms with Crippen LogP contribution in [0.3, 0.4) is 0 Å². The number of fused-ring (bicyclic) bond motifs is 1. The Morgan fingerprint density at radius 3 is 2.74 bits per heavy atom. The summed E-state index contributed by atoms with van der Waals surface area (Å²) in [7, 11) is 3.30. The average Bonchev–Trinajstić information content (AvgIpc) is 3.66. The van der Waals surface area contributed by atoms with Crippen molar-refractivity contribution in [3.8, 4) is 16.9 Å². The van der Waals surface area contributed by atoms with Crippen molar-refractivity contribution >= 4 is 28.3 Å². The van der Waals surface area contributed by atoms with Gasteiger partial charge in [-0.2, -0.15) is 0 Å². The highest BCUT2D eigenvalue weighted by Gasteiger charge is 2.25. The molecule has 0 aliphatic carbocycles. The van der Waals surface area contributed by atoms with Crippen LogP contribution < -0.4 is 4.74 Å². The molecule has 1 aliphatic heterocycles. The number of amides is 2. The van der Waals surface area contributed by atoms with Crippen molar-refractivity contribution in [2.75, 3.05) is 33.8 Å². The van der Waals surface area contributed by atoms with Crippen molar-refractivity contribution in [2.45, 2.75) is 26.3 Å². The summed E-state index contributed by atoms with van der Waals surface area (Å²) in [6, 6.07) is 11.0. The van der Waals surface area contributed by atoms with Gasteiger partial charge in [-0.3, -0.25) is 14.3 Å². The Kier molecular flexibility index (Phi) is 7.44. The molecule has 39 heavy (non-hydrogen) atoms. The zero-order chi connectivity index (χ0) is 27.5. The Hall–Kier alpha value is -4.47. The third kappa shape index (κ3) is 5.14. The predicted octanol–water partition coefficient (Wildman–Crippen LogP) is 4.37. The molecule has 0 spiro atoms. The van der Waals surface area contributed by atoms with E-state index in [-0.39, 0.29) is 30.3 Å². The zero-order valence-electron chi connectivity index (χ0n) is 22.3. The van der Waals surface area contributed by atoms with Crippen LogP contribution in [-0.4, -0.2) is 75.4 Å². The molecule has 0 saturated carbocycles. The molecule has 0 unspecified atom stereocenters. The number of aromatic nitrogens is 4. The first-order chi connectivity index (χ1) is 18.9. The lowest BCUT2D eigenvalue weighted by Gasteiger charge is -2.28. The van der Waals surface area contributed by atoms with E-state index in [1.807, 2.05) is 37.3 Å². The second-order valence-electron chi connectivity index (χ2n) is 9.53. The number of aromatic amines is 1. The van der Waals surface area contributed by atoms with E-state index in [4.69, 9.17) is 4.74 Å². The molecule has 202 valence electrons. The lowest BCUT2D eigenvalue weighted by Crippen LogP contribution is -2.36. The minimum Gasteiger partial charge on any atom is -0.496 e. The van der Waals surface area contributed by atoms with Gasteiger partial charge in [0.25, 0.3) is 5.91 Å². The van der Waals surface area contributed by atoms with E-state index in [0.717, 1.165) is 16.7 Å². The number of hydrogen-bond acceptors (Lipinski definition) is 5. The molecule has 0 saturated heterocycles. The number of methoxy groups -OCH3 is 1. The Bertz CT molecular complexity index is 1540. The Balaban J connectivity index is 1.55. The number of carbonyl (C=O) groups is 2. The number of carbonyl (C=O) groups excluding carboxylic acids is 2. The maximum absolute atomic E-state index is 16.2. The van der Waals surface area contributed by atoms with Gasteiger partial charge in [0.2, 0.25) is 5.91 Å². The smallest absolute Gasteiger partial charge is 0.270 e. The lowest BCUT2D eigenvalue weighted by atomic mass is 9.93. The molecule has 3 heterocycles. The average molecular weight is 531 g/mol. The van der Waals surface area contributed by atoms with Crippen LogP contribution in [0.5, 0.6) is 5.75 Å². The molecule has 2 aromatic heterocycles. The van der Waals surface area contributed by atoms with E-state index >= 15 is 4.39 Å². The van der Waals surface area contributed by atoms with Gasteiger partial charge in [0, 0.05) is 55.8 Å². The summed E-state index contributed by atoms with van der Waals surface area (Å²) < 4.78 is 23.4. The second kappa shape index (κ2) is 11.1. The molecule has 1 aliphatic rings. The maximum Gasteiger partial charge on any atom is 0.270 e. The number of H-pyrrole nitrogens is 1. The number of halogens is 1. The largest absolute Gasteiger partial charge is 0.496 e. The Labute approximate surface area is 225 Å². The van der Waals surface area contributed by atoms with Gasteiger partial charge in [0.05, 0.1) is 25.4 Å². The summed E-state index contributed by atoms with van der Waals surface area (Å²) >= 11 is 0. The molecule has 10 heteroatoms. The molecule has 0 radical (unpaired) electrons. The van der Waals surface area contributed by atoms with E-state index in [9.17, 15) is 9.59 Å². The SMILES string of the molecule is CCN(C)C(=O)c1cc2c(-c3ccccc3OC)cc(C3=CCCN(C(=O)CCn4ccnn4)C3)c(F)c2[nH]1. The predicted molar refractivity (Wildman–Crippen MR) is 147 cm³/mol. The third-order valence-electron chi connectivity index (χ3n) is 7.18. The number of benzene rings is 2. The molecule has 1 N–H and O–H groups in total. The fourth-order valence-corrected chi connectivity index (χ4v) is 4.92. The van der Waals surface area contributed by atoms with Crippen LogP contribution >= 0.6 is 0 Å². The normalized spacial score (nSPS) is 13.4. The maximum atomic E-state index is 16.2. The molecule has 4 aromatic rings. The summed E-state index contributed by atoms with van der Waals surface area (Å²) in [5.74, 6) is -0.0665. The van der Waals surface area contributed by atoms with Crippen molar-refractivity contribution in [1.82, 2.24) is 29.8 Å². The number of para-hydroxylation sites is 1. The highest BCUT2D eigenvalue weighted by atomic mass is 19.1. The molecule has 2 aromatic carbocycles. The topological polar surface area (TPSA) is 96.3 Å². The van der Waals surface area contributed by atoms with E-state index < -0.39 is 5.82 Å². The van der Waals surface area contributed by atoms with Gasteiger partial charge in [0.1, 0.15) is 11.4 Å². The highest BCUT2D eigenvalue weighted by Crippen LogP contribution is 2.40. The van der Waals surface area contributed by atoms with E-state index in [2.05, 4.69) is 15.3 Å². The molecule has 2 amide bonds. The summed E-state index contributed by atoms with van der Waals surface area (Å²) in [4.78, 5) is 32.3. The summed E-state index contributed by atoms with van der Waals surface area (Å²) in [6.45, 7) is 3.68. The number of ether oxygens (including phenoxy) is 1. The number of rotatable bonds is 8. The fourth-order valence-electron chi connectivity index (χ4n) is 4.92. The van der Waals surface area contributed by atoms with Gasteiger partial charge < -0.3 is 19.5 Å². The van der Waals surface area contributed by atoms with Gasteiger partial charge in [-0.1, -0.05) is 29.5 Å². The van der Waals surface area contributed by atoms with E-state index in [0.29, 0.717) is 48.4 Å². The first kappa shape index (κ1) is 26.1. The summed E-state index contributed by atoms with van der Waals surface area (Å²) in [6.07, 6.45) is 6.16. The monoisotopic (exact) mass is 530 g/mol. The van der Waals surface area contributed by atoms with Crippen LogP contribution in [0.4, 0.5) is 4.39 Å². The van der Waals surface area contributed by atoms with E-state index in [1.165, 1.54) is 0 Å². The molecule has 0 fully saturated rings. The van der Waals surface area contributed by atoms with Crippen LogP contribution in [0.1, 0.15) is 35.8 Å². The number of nitrogens with zero attached hydrogens (tertiary/aromatic N) is 5. The van der Waals surface area contributed by atoms with Crippen LogP contribution in [0.2, 0.25) is 0 Å². The number of hydrogen-bond donors (Lipinski definition) is 1. The van der Waals surface area contributed by atoms with Crippen molar-refractivity contribution < 1.29 is 18.7 Å². The standard InChI is InChI=1S/C29H31FN6O3/c1-4-34(2)29(38)24-17-23-22(20-9-5-6-10-25(20)39-3)16-21(27(30)28(23)32-24)19-8-7-13-35(18-19)26(37)11-14-36-15-12-31-33-36/h5-6,8-10,12,15-17,32H,4,7,11,13-14,18H2,1-3H3. The molecule has 5 rings (SSSR count). The third-order valence-corrected chi connectivity index (χ3v) is 7.18. The minimum atomic E-state index is -0.454. The first-order valence-corrected chi connectivity index (χ1v) is 13.0. The van der Waals surface area contributed by atoms with Crippen LogP contribution in [-0.2, 0) is 11.3 Å². The highest BCUT2D eigenvalue weighted by molar-refractivity contribution is 6.05. The zero-order valence-corrected chi connectivity index (χ0v) is 22.3. The lowest BCUT2D eigenvalue weighted by molar-refractivity contribution is -0.131. The van der Waals surface area contributed by atoms with Gasteiger partial charge in [-0.05, 0) is 42.7 Å². The van der Waals surface area contributed by atoms with Crippen LogP contribution in [0.25, 0.3) is 27.6 Å². The van der Waals surface area contributed by atoms with Crippen molar-refractivity contribution in [2.24, 2.45) is 0 Å². The quantitative estimate of drug-likeness (QED) is 0.365. The van der Waals surface area contributed by atoms with Gasteiger partial charge in [-0.15, -0.1) is 5.10 Å². The molecular formula is C29H31FN6O3. The molecular weight excluding hydrogens is 499 g/mol. The van der Waals surface area contributed by atoms with Gasteiger partial charge in [0.15, 0.2) is 5.82 Å². The second-order valence-corrected chi connectivity index (χ2v) is 9.53. The fraction of sp³-hybridized carbons (Fsp3) is 0.310. The molecule has 0 bridgehead atoms. The Morgan fingerprint density at radius 2 is 2.00 bits per heavy atom. The van der Waals surface area contributed by atoms with Crippen LogP contribution in [0.15, 0.2) is 54.9 Å². The van der Waals surface area contributed by atoms with Crippen molar-refractivity contribution in [3.05, 3.63) is 71.9 Å². The van der Waals surface area contributed by atoms with Crippen LogP contribution in [0, 0.1) is 5.82 Å². The van der Waals surface area contributed by atoms with Gasteiger partial charge >= 0.3 is 0 Å². The summed E-state index contributed by atoms with van der Waals surface area (Å²) in [5.41, 5.74) is 3.19. The number of aryl methyl sites for hydroxylation is 1. The minimum absolute atomic E-state index is 0.0297. The van der Waals surface area contributed by atoms with Gasteiger partial charge in [-0.25, -0.2) is 4.39 Å². The van der Waals surface area contributed by atoms with Crippen molar-refractivity contribution in [1.29, 1.82) is 0 Å². The number of nitrogens with one attached hydrogen (secondary N) is 1. The molecule has 9 nitrogen and oxygen atoms in total. The summed E-state index contributed by atoms with van der Waals surface area (Å²) in [5, 5.41) is 8.28. The molecule has 0 atom stereocenters. The van der Waals surface area contributed by atoms with E-state index in [1.54, 1.807) is 53.2 Å².